The van der Waals surface area contributed by atoms with Gasteiger partial charge in [0.2, 0.25) is 0 Å². The van der Waals surface area contributed by atoms with E-state index in [1.165, 1.54) is 0 Å². The Morgan fingerprint density at radius 1 is 1.12 bits per heavy atom. The molecule has 8 heteroatoms. The average Bonchev–Trinajstić information content (AvgIpc) is 2.35. The Kier molecular flexibility index (Phi) is 10.2. The van der Waals surface area contributed by atoms with Crippen molar-refractivity contribution in [2.45, 2.75) is 6.42 Å². The molecule has 0 unspecified atom stereocenters. The van der Waals surface area contributed by atoms with Crippen LogP contribution in [0.4, 0.5) is 0 Å². The van der Waals surface area contributed by atoms with E-state index >= 15 is 0 Å². The lowest BCUT2D eigenvalue weighted by Gasteiger charge is -2.18. The molecule has 0 amide bonds. The van der Waals surface area contributed by atoms with Crippen LogP contribution in [0.25, 0.3) is 0 Å². The lowest BCUT2D eigenvalue weighted by molar-refractivity contribution is -0.145. The summed E-state index contributed by atoms with van der Waals surface area (Å²) in [6, 6.07) is 0. The third kappa shape index (κ3) is 9.52. The summed E-state index contributed by atoms with van der Waals surface area (Å²) in [6.45, 7) is 1.10. The highest BCUT2D eigenvalue weighted by atomic mass is 16.5. The maximum absolute atomic E-state index is 11.1. The van der Waals surface area contributed by atoms with E-state index in [0.717, 1.165) is 0 Å². The molecule has 8 nitrogen and oxygen atoms in total. The predicted molar refractivity (Wildman–Crippen MR) is 60.4 cm³/mol. The normalized spacial score (nSPS) is 10.2. The quantitative estimate of drug-likeness (QED) is 0.398. The number of carbonyl (C=O) groups is 1. The van der Waals surface area contributed by atoms with E-state index in [-0.39, 0.29) is 32.7 Å². The number of nitroso groups, excluding NO2 is 2. The van der Waals surface area contributed by atoms with Gasteiger partial charge in [0, 0.05) is 19.6 Å². The number of hydrogen-bond donors (Lipinski definition) is 1. The summed E-state index contributed by atoms with van der Waals surface area (Å²) >= 11 is 0. The predicted octanol–water partition coefficient (Wildman–Crippen LogP) is -0.253. The van der Waals surface area contributed by atoms with Crippen molar-refractivity contribution < 1.29 is 14.6 Å². The van der Waals surface area contributed by atoms with Crippen LogP contribution >= 0.6 is 0 Å². The van der Waals surface area contributed by atoms with Gasteiger partial charge in [-0.15, -0.1) is 0 Å². The topological polar surface area (TPSA) is 109 Å². The lowest BCUT2D eigenvalue weighted by atomic mass is 10.3. The summed E-state index contributed by atoms with van der Waals surface area (Å²) in [7, 11) is 0. The number of rotatable bonds is 11. The summed E-state index contributed by atoms with van der Waals surface area (Å²) in [5.74, 6) is -0.429. The van der Waals surface area contributed by atoms with E-state index in [9.17, 15) is 14.6 Å². The molecule has 0 bridgehead atoms. The van der Waals surface area contributed by atoms with E-state index in [4.69, 9.17) is 5.11 Å². The van der Waals surface area contributed by atoms with Gasteiger partial charge in [0.1, 0.15) is 6.61 Å². The Morgan fingerprint density at radius 2 is 1.71 bits per heavy atom. The van der Waals surface area contributed by atoms with Crippen molar-refractivity contribution in [3.8, 4) is 0 Å². The van der Waals surface area contributed by atoms with E-state index in [1.807, 2.05) is 0 Å². The SMILES string of the molecule is O=NCCN(CCN=O)CCC(=O)OCCO. The van der Waals surface area contributed by atoms with Gasteiger partial charge in [-0.25, -0.2) is 0 Å². The fraction of sp³-hybridized carbons (Fsp3) is 0.889. The average molecular weight is 247 g/mol. The molecule has 0 aromatic heterocycles. The Balaban J connectivity index is 3.83. The van der Waals surface area contributed by atoms with Crippen molar-refractivity contribution in [1.82, 2.24) is 4.90 Å². The van der Waals surface area contributed by atoms with Gasteiger partial charge in [-0.05, 0) is 0 Å². The zero-order chi connectivity index (χ0) is 12.9. The minimum Gasteiger partial charge on any atom is -0.463 e. The van der Waals surface area contributed by atoms with Gasteiger partial charge in [0.25, 0.3) is 0 Å². The summed E-state index contributed by atoms with van der Waals surface area (Å²) in [4.78, 5) is 32.8. The molecule has 1 N–H and O–H groups in total. The van der Waals surface area contributed by atoms with Crippen LogP contribution in [0.15, 0.2) is 10.4 Å². The molecule has 0 aromatic carbocycles. The number of aliphatic hydroxyl groups excluding tert-OH is 1. The second kappa shape index (κ2) is 11.1. The van der Waals surface area contributed by atoms with E-state index in [2.05, 4.69) is 15.1 Å². The van der Waals surface area contributed by atoms with Crippen molar-refractivity contribution in [3.63, 3.8) is 0 Å². The third-order valence-corrected chi connectivity index (χ3v) is 2.00. The maximum atomic E-state index is 11.1. The molecule has 0 saturated carbocycles. The lowest BCUT2D eigenvalue weighted by Crippen LogP contribution is -2.31. The zero-order valence-corrected chi connectivity index (χ0v) is 9.58. The molecule has 0 atom stereocenters. The molecule has 0 aromatic rings. The molecule has 0 heterocycles. The molecule has 98 valence electrons. The van der Waals surface area contributed by atoms with Gasteiger partial charge in [-0.2, -0.15) is 9.81 Å². The molecule has 0 aliphatic rings. The molecule has 0 rings (SSSR count). The summed E-state index contributed by atoms with van der Waals surface area (Å²) < 4.78 is 4.66. The molecule has 17 heavy (non-hydrogen) atoms. The fourth-order valence-electron chi connectivity index (χ4n) is 1.18. The summed E-state index contributed by atoms with van der Waals surface area (Å²) in [5, 5.41) is 13.9. The highest BCUT2D eigenvalue weighted by Gasteiger charge is 2.09. The van der Waals surface area contributed by atoms with Crippen LogP contribution in [0.3, 0.4) is 0 Å². The molecular weight excluding hydrogens is 230 g/mol. The number of ether oxygens (including phenoxy) is 1. The van der Waals surface area contributed by atoms with Gasteiger partial charge in [-0.1, -0.05) is 10.4 Å². The second-order valence-electron chi connectivity index (χ2n) is 3.24. The Morgan fingerprint density at radius 3 is 2.18 bits per heavy atom. The Hall–Kier alpha value is -1.41. The minimum absolute atomic E-state index is 0.0232. The molecule has 0 spiro atoms. The largest absolute Gasteiger partial charge is 0.463 e. The third-order valence-electron chi connectivity index (χ3n) is 2.00. The number of hydrogen-bond acceptors (Lipinski definition) is 8. The molecule has 0 aliphatic heterocycles. The van der Waals surface area contributed by atoms with Crippen molar-refractivity contribution in [3.05, 3.63) is 9.81 Å². The highest BCUT2D eigenvalue weighted by Crippen LogP contribution is 1.95. The van der Waals surface area contributed by atoms with E-state index < -0.39 is 5.97 Å². The van der Waals surface area contributed by atoms with Gasteiger partial charge in [-0.3, -0.25) is 9.69 Å². The van der Waals surface area contributed by atoms with Crippen LogP contribution in [0.2, 0.25) is 0 Å². The summed E-state index contributed by atoms with van der Waals surface area (Å²) in [5.41, 5.74) is 0. The zero-order valence-electron chi connectivity index (χ0n) is 9.58. The molecule has 0 radical (unpaired) electrons. The first-order chi connectivity index (χ1) is 8.24. The molecule has 0 aliphatic carbocycles. The van der Waals surface area contributed by atoms with Crippen LogP contribution in [0.5, 0.6) is 0 Å². The minimum atomic E-state index is -0.429. The van der Waals surface area contributed by atoms with Gasteiger partial charge in [0.15, 0.2) is 0 Å². The Labute approximate surface area is 98.9 Å². The monoisotopic (exact) mass is 247 g/mol. The van der Waals surface area contributed by atoms with Gasteiger partial charge < -0.3 is 9.84 Å². The van der Waals surface area contributed by atoms with Crippen molar-refractivity contribution in [1.29, 1.82) is 0 Å². The first kappa shape index (κ1) is 15.6. The number of aliphatic hydroxyl groups is 1. The number of esters is 1. The van der Waals surface area contributed by atoms with Crippen LogP contribution < -0.4 is 0 Å². The maximum Gasteiger partial charge on any atom is 0.307 e. The van der Waals surface area contributed by atoms with Crippen LogP contribution in [0.1, 0.15) is 6.42 Å². The van der Waals surface area contributed by atoms with Gasteiger partial charge in [0.05, 0.1) is 26.1 Å². The van der Waals surface area contributed by atoms with E-state index in [0.29, 0.717) is 19.6 Å². The molecule has 0 saturated heterocycles. The van der Waals surface area contributed by atoms with Crippen LogP contribution in [-0.2, 0) is 9.53 Å². The first-order valence-corrected chi connectivity index (χ1v) is 5.31. The number of carbonyl (C=O) groups excluding carboxylic acids is 1. The summed E-state index contributed by atoms with van der Waals surface area (Å²) in [6.07, 6.45) is 0.137. The molecular formula is C9H17N3O5. The number of nitrogens with zero attached hydrogens (tertiary/aromatic N) is 3. The fourth-order valence-corrected chi connectivity index (χ4v) is 1.18. The van der Waals surface area contributed by atoms with Gasteiger partial charge >= 0.3 is 5.97 Å². The first-order valence-electron chi connectivity index (χ1n) is 5.31. The highest BCUT2D eigenvalue weighted by molar-refractivity contribution is 5.69. The molecule has 0 fully saturated rings. The smallest absolute Gasteiger partial charge is 0.307 e. The standard InChI is InChI=1S/C9H17N3O5/c13-7-8-17-9(14)1-4-12(5-2-10-15)6-3-11-16/h13H,1-8H2. The van der Waals surface area contributed by atoms with Crippen molar-refractivity contribution in [2.24, 2.45) is 10.4 Å². The Bertz CT molecular complexity index is 225. The van der Waals surface area contributed by atoms with Crippen LogP contribution in [-0.4, -0.2) is 61.9 Å². The van der Waals surface area contributed by atoms with Crippen molar-refractivity contribution >= 4 is 5.97 Å². The van der Waals surface area contributed by atoms with E-state index in [1.54, 1.807) is 4.90 Å². The second-order valence-corrected chi connectivity index (χ2v) is 3.24. The van der Waals surface area contributed by atoms with Crippen molar-refractivity contribution in [2.75, 3.05) is 45.9 Å². The van der Waals surface area contributed by atoms with Crippen LogP contribution in [0, 0.1) is 9.81 Å².